The van der Waals surface area contributed by atoms with Gasteiger partial charge >= 0.3 is 0 Å². The minimum absolute atomic E-state index is 0.0479. The van der Waals surface area contributed by atoms with E-state index in [9.17, 15) is 9.59 Å². The average Bonchev–Trinajstić information content (AvgIpc) is 3.20. The summed E-state index contributed by atoms with van der Waals surface area (Å²) in [6, 6.07) is 10.0. The molecule has 0 saturated carbocycles. The molecule has 23 heavy (non-hydrogen) atoms. The van der Waals surface area contributed by atoms with Crippen molar-refractivity contribution in [2.45, 2.75) is 31.3 Å². The molecule has 2 aromatic rings. The van der Waals surface area contributed by atoms with Crippen LogP contribution in [0.2, 0.25) is 0 Å². The number of nitrogens with one attached hydrogen (secondary N) is 2. The number of para-hydroxylation sites is 1. The zero-order chi connectivity index (χ0) is 15.8. The maximum absolute atomic E-state index is 12.8. The van der Waals surface area contributed by atoms with E-state index in [2.05, 4.69) is 28.5 Å². The van der Waals surface area contributed by atoms with Gasteiger partial charge in [-0.3, -0.25) is 9.59 Å². The molecule has 2 amide bonds. The van der Waals surface area contributed by atoms with Crippen molar-refractivity contribution < 1.29 is 9.59 Å². The zero-order valence-corrected chi connectivity index (χ0v) is 13.6. The third-order valence-corrected chi connectivity index (χ3v) is 5.55. The lowest BCUT2D eigenvalue weighted by molar-refractivity contribution is -0.136. The Kier molecular flexibility index (Phi) is 3.77. The molecule has 1 aromatic carbocycles. The number of amides is 2. The first kappa shape index (κ1) is 14.6. The van der Waals surface area contributed by atoms with E-state index in [1.807, 2.05) is 17.0 Å². The number of fused-ring (bicyclic) bond motifs is 1. The number of likely N-dealkylation sites (tertiary alicyclic amines) is 1. The fourth-order valence-corrected chi connectivity index (χ4v) is 4.28. The second-order valence-corrected chi connectivity index (χ2v) is 7.14. The number of H-pyrrole nitrogens is 1. The smallest absolute Gasteiger partial charge is 0.279 e. The van der Waals surface area contributed by atoms with Gasteiger partial charge in [0.05, 0.1) is 6.04 Å². The number of hydrogen-bond donors (Lipinski definition) is 2. The standard InChI is InChI=1S/C17H19N3O2S/c21-16(14-10-23-17(22)19-14)20-8-4-3-7-15(20)13-9-11-5-1-2-6-12(11)18-13/h1-2,5-6,9,14-15,18H,3-4,7-8,10H2,(H,19,22)/t14-,15-/m0/s1. The van der Waals surface area contributed by atoms with Crippen LogP contribution in [-0.2, 0) is 4.79 Å². The molecule has 0 unspecified atom stereocenters. The summed E-state index contributed by atoms with van der Waals surface area (Å²) in [5.41, 5.74) is 2.20. The van der Waals surface area contributed by atoms with Gasteiger partial charge < -0.3 is 15.2 Å². The van der Waals surface area contributed by atoms with E-state index < -0.39 is 0 Å². The molecule has 1 aromatic heterocycles. The number of benzene rings is 1. The van der Waals surface area contributed by atoms with Crippen LogP contribution >= 0.6 is 11.8 Å². The van der Waals surface area contributed by atoms with Crippen LogP contribution < -0.4 is 5.32 Å². The lowest BCUT2D eigenvalue weighted by Crippen LogP contribution is -2.48. The minimum atomic E-state index is -0.377. The van der Waals surface area contributed by atoms with Crippen LogP contribution in [0.3, 0.4) is 0 Å². The quantitative estimate of drug-likeness (QED) is 0.890. The van der Waals surface area contributed by atoms with Gasteiger partial charge in [-0.1, -0.05) is 30.0 Å². The van der Waals surface area contributed by atoms with Gasteiger partial charge in [0, 0.05) is 23.5 Å². The molecule has 2 aliphatic rings. The van der Waals surface area contributed by atoms with Gasteiger partial charge in [0.2, 0.25) is 5.91 Å². The lowest BCUT2D eigenvalue weighted by atomic mass is 9.98. The van der Waals surface area contributed by atoms with Crippen LogP contribution in [0.5, 0.6) is 0 Å². The van der Waals surface area contributed by atoms with Crippen LogP contribution in [0, 0.1) is 0 Å². The zero-order valence-electron chi connectivity index (χ0n) is 12.7. The molecule has 2 saturated heterocycles. The number of aromatic nitrogens is 1. The van der Waals surface area contributed by atoms with Crippen LogP contribution in [0.15, 0.2) is 30.3 Å². The van der Waals surface area contributed by atoms with Gasteiger partial charge in [-0.2, -0.15) is 0 Å². The Morgan fingerprint density at radius 1 is 1.26 bits per heavy atom. The van der Waals surface area contributed by atoms with Gasteiger partial charge in [0.1, 0.15) is 6.04 Å². The highest BCUT2D eigenvalue weighted by Crippen LogP contribution is 2.33. The summed E-state index contributed by atoms with van der Waals surface area (Å²) >= 11 is 1.19. The second-order valence-electron chi connectivity index (χ2n) is 6.15. The summed E-state index contributed by atoms with van der Waals surface area (Å²) < 4.78 is 0. The van der Waals surface area contributed by atoms with Crippen LogP contribution in [0.4, 0.5) is 4.79 Å². The van der Waals surface area contributed by atoms with E-state index in [0.29, 0.717) is 5.75 Å². The van der Waals surface area contributed by atoms with E-state index in [4.69, 9.17) is 0 Å². The number of carbonyl (C=O) groups is 2. The fourth-order valence-electron chi connectivity index (χ4n) is 3.51. The van der Waals surface area contributed by atoms with Gasteiger partial charge in [-0.15, -0.1) is 0 Å². The van der Waals surface area contributed by atoms with Crippen molar-refractivity contribution in [3.05, 3.63) is 36.0 Å². The summed E-state index contributed by atoms with van der Waals surface area (Å²) in [7, 11) is 0. The Bertz CT molecular complexity index is 724. The van der Waals surface area contributed by atoms with Gasteiger partial charge in [0.25, 0.3) is 5.24 Å². The number of aromatic amines is 1. The molecule has 0 spiro atoms. The Morgan fingerprint density at radius 2 is 2.13 bits per heavy atom. The highest BCUT2D eigenvalue weighted by molar-refractivity contribution is 8.14. The van der Waals surface area contributed by atoms with Crippen LogP contribution in [0.1, 0.15) is 31.0 Å². The average molecular weight is 329 g/mol. The van der Waals surface area contributed by atoms with Crippen LogP contribution in [-0.4, -0.2) is 39.4 Å². The van der Waals surface area contributed by atoms with E-state index in [-0.39, 0.29) is 23.2 Å². The number of piperidine rings is 1. The first-order valence-corrected chi connectivity index (χ1v) is 9.02. The molecule has 120 valence electrons. The molecule has 5 nitrogen and oxygen atoms in total. The van der Waals surface area contributed by atoms with Crippen molar-refractivity contribution >= 4 is 33.8 Å². The molecular weight excluding hydrogens is 310 g/mol. The fraction of sp³-hybridized carbons (Fsp3) is 0.412. The number of rotatable bonds is 2. The molecule has 4 rings (SSSR count). The number of nitrogens with zero attached hydrogens (tertiary/aromatic N) is 1. The first-order chi connectivity index (χ1) is 11.2. The second kappa shape index (κ2) is 5.92. The Balaban J connectivity index is 1.62. The number of carbonyl (C=O) groups excluding carboxylic acids is 2. The summed E-state index contributed by atoms with van der Waals surface area (Å²) in [5.74, 6) is 0.583. The van der Waals surface area contributed by atoms with Crippen molar-refractivity contribution in [1.82, 2.24) is 15.2 Å². The molecule has 0 radical (unpaired) electrons. The summed E-state index contributed by atoms with van der Waals surface area (Å²) in [6.07, 6.45) is 3.11. The monoisotopic (exact) mass is 329 g/mol. The van der Waals surface area contributed by atoms with Gasteiger partial charge in [-0.25, -0.2) is 0 Å². The minimum Gasteiger partial charge on any atom is -0.357 e. The number of thioether (sulfide) groups is 1. The molecule has 6 heteroatoms. The molecule has 0 aliphatic carbocycles. The Morgan fingerprint density at radius 3 is 2.91 bits per heavy atom. The van der Waals surface area contributed by atoms with E-state index >= 15 is 0 Å². The molecule has 0 bridgehead atoms. The Hall–Kier alpha value is -1.95. The highest BCUT2D eigenvalue weighted by atomic mass is 32.2. The molecule has 2 atom stereocenters. The largest absolute Gasteiger partial charge is 0.357 e. The number of hydrogen-bond acceptors (Lipinski definition) is 3. The SMILES string of the molecule is O=C1N[C@H](C(=O)N2CCCC[C@H]2c2cc3ccccc3[nH]2)CS1. The predicted molar refractivity (Wildman–Crippen MR) is 91.4 cm³/mol. The molecule has 2 fully saturated rings. The van der Waals surface area contributed by atoms with E-state index in [1.54, 1.807) is 0 Å². The van der Waals surface area contributed by atoms with Gasteiger partial charge in [0.15, 0.2) is 0 Å². The maximum atomic E-state index is 12.8. The lowest BCUT2D eigenvalue weighted by Gasteiger charge is -2.36. The van der Waals surface area contributed by atoms with E-state index in [0.717, 1.165) is 37.0 Å². The van der Waals surface area contributed by atoms with Crippen molar-refractivity contribution in [2.24, 2.45) is 0 Å². The van der Waals surface area contributed by atoms with Crippen molar-refractivity contribution in [3.63, 3.8) is 0 Å². The first-order valence-electron chi connectivity index (χ1n) is 8.04. The molecular formula is C17H19N3O2S. The van der Waals surface area contributed by atoms with Crippen molar-refractivity contribution in [1.29, 1.82) is 0 Å². The molecule has 3 heterocycles. The van der Waals surface area contributed by atoms with Gasteiger partial charge in [-0.05, 0) is 36.8 Å². The molecule has 2 aliphatic heterocycles. The predicted octanol–water partition coefficient (Wildman–Crippen LogP) is 3.05. The summed E-state index contributed by atoms with van der Waals surface area (Å²) in [6.45, 7) is 0.760. The highest BCUT2D eigenvalue weighted by Gasteiger charge is 2.36. The summed E-state index contributed by atoms with van der Waals surface area (Å²) in [4.78, 5) is 29.6. The Labute approximate surface area is 138 Å². The third-order valence-electron chi connectivity index (χ3n) is 4.67. The summed E-state index contributed by atoms with van der Waals surface area (Å²) in [5, 5.41) is 3.85. The third kappa shape index (κ3) is 2.72. The van der Waals surface area contributed by atoms with Crippen molar-refractivity contribution in [3.8, 4) is 0 Å². The van der Waals surface area contributed by atoms with E-state index in [1.165, 1.54) is 17.1 Å². The molecule has 2 N–H and O–H groups in total. The topological polar surface area (TPSA) is 65.2 Å². The normalized spacial score (nSPS) is 24.9. The van der Waals surface area contributed by atoms with Crippen molar-refractivity contribution in [2.75, 3.05) is 12.3 Å². The maximum Gasteiger partial charge on any atom is 0.279 e. The van der Waals surface area contributed by atoms with Crippen LogP contribution in [0.25, 0.3) is 10.9 Å².